The molecule has 1 atom stereocenters. The van der Waals surface area contributed by atoms with Crippen molar-refractivity contribution in [3.05, 3.63) is 21.3 Å². The molecule has 15 heavy (non-hydrogen) atoms. The predicted molar refractivity (Wildman–Crippen MR) is 65.3 cm³/mol. The monoisotopic (exact) mass is 267 g/mol. The first-order chi connectivity index (χ1) is 6.87. The zero-order valence-corrected chi connectivity index (χ0v) is 11.0. The van der Waals surface area contributed by atoms with Gasteiger partial charge in [-0.1, -0.05) is 11.6 Å². The Balaban J connectivity index is 2.37. The minimum Gasteiger partial charge on any atom is -0.308 e. The SMILES string of the molecule is CC(CS(C)(=O)=O)NCc1cc(Cl)cs1. The van der Waals surface area contributed by atoms with E-state index < -0.39 is 9.84 Å². The van der Waals surface area contributed by atoms with E-state index >= 15 is 0 Å². The van der Waals surface area contributed by atoms with Crippen LogP contribution >= 0.6 is 22.9 Å². The summed E-state index contributed by atoms with van der Waals surface area (Å²) in [4.78, 5) is 1.11. The molecule has 0 fully saturated rings. The highest BCUT2D eigenvalue weighted by atomic mass is 35.5. The normalized spacial score (nSPS) is 14.1. The van der Waals surface area contributed by atoms with Crippen molar-refractivity contribution in [3.63, 3.8) is 0 Å². The Morgan fingerprint density at radius 2 is 2.27 bits per heavy atom. The first-order valence-corrected chi connectivity index (χ1v) is 7.82. The Morgan fingerprint density at radius 1 is 1.60 bits per heavy atom. The van der Waals surface area contributed by atoms with Crippen LogP contribution < -0.4 is 5.32 Å². The van der Waals surface area contributed by atoms with E-state index in [4.69, 9.17) is 11.6 Å². The fourth-order valence-electron chi connectivity index (χ4n) is 1.23. The van der Waals surface area contributed by atoms with Gasteiger partial charge in [0, 0.05) is 29.1 Å². The van der Waals surface area contributed by atoms with Crippen molar-refractivity contribution in [2.24, 2.45) is 0 Å². The molecule has 0 aliphatic rings. The molecule has 0 saturated heterocycles. The van der Waals surface area contributed by atoms with Gasteiger partial charge in [-0.15, -0.1) is 11.3 Å². The van der Waals surface area contributed by atoms with E-state index in [0.29, 0.717) is 6.54 Å². The van der Waals surface area contributed by atoms with Crippen LogP contribution in [0.25, 0.3) is 0 Å². The molecule has 0 radical (unpaired) electrons. The Kier molecular flexibility index (Phi) is 4.58. The van der Waals surface area contributed by atoms with Crippen molar-refractivity contribution < 1.29 is 8.42 Å². The van der Waals surface area contributed by atoms with Crippen LogP contribution in [0, 0.1) is 0 Å². The molecule has 3 nitrogen and oxygen atoms in total. The van der Waals surface area contributed by atoms with Crippen LogP contribution in [0.2, 0.25) is 5.02 Å². The summed E-state index contributed by atoms with van der Waals surface area (Å²) in [6.07, 6.45) is 1.24. The van der Waals surface area contributed by atoms with Gasteiger partial charge in [0.25, 0.3) is 0 Å². The molecule has 0 aromatic carbocycles. The third-order valence-corrected chi connectivity index (χ3v) is 4.19. The summed E-state index contributed by atoms with van der Waals surface area (Å²) >= 11 is 7.33. The maximum Gasteiger partial charge on any atom is 0.148 e. The number of hydrogen-bond acceptors (Lipinski definition) is 4. The third kappa shape index (κ3) is 5.51. The average molecular weight is 268 g/mol. The highest BCUT2D eigenvalue weighted by Crippen LogP contribution is 2.18. The van der Waals surface area contributed by atoms with Gasteiger partial charge < -0.3 is 5.32 Å². The van der Waals surface area contributed by atoms with Gasteiger partial charge in [0.1, 0.15) is 9.84 Å². The van der Waals surface area contributed by atoms with E-state index in [9.17, 15) is 8.42 Å². The van der Waals surface area contributed by atoms with Gasteiger partial charge in [0.05, 0.1) is 10.8 Å². The quantitative estimate of drug-likeness (QED) is 0.887. The van der Waals surface area contributed by atoms with E-state index in [0.717, 1.165) is 9.90 Å². The van der Waals surface area contributed by atoms with E-state index in [2.05, 4.69) is 5.32 Å². The summed E-state index contributed by atoms with van der Waals surface area (Å²) in [7, 11) is -2.91. The smallest absolute Gasteiger partial charge is 0.148 e. The molecule has 1 heterocycles. The van der Waals surface area contributed by atoms with Gasteiger partial charge in [0.15, 0.2) is 0 Å². The second-order valence-corrected chi connectivity index (χ2v) is 7.22. The van der Waals surface area contributed by atoms with E-state index in [1.807, 2.05) is 18.4 Å². The highest BCUT2D eigenvalue weighted by Gasteiger charge is 2.09. The molecule has 0 spiro atoms. The molecule has 1 aromatic heterocycles. The van der Waals surface area contributed by atoms with Crippen molar-refractivity contribution in [2.75, 3.05) is 12.0 Å². The van der Waals surface area contributed by atoms with E-state index in [1.165, 1.54) is 6.26 Å². The molecule has 86 valence electrons. The maximum absolute atomic E-state index is 11.0. The van der Waals surface area contributed by atoms with Crippen LogP contribution in [0.3, 0.4) is 0 Å². The summed E-state index contributed by atoms with van der Waals surface area (Å²) < 4.78 is 22.0. The molecule has 0 aliphatic heterocycles. The second-order valence-electron chi connectivity index (χ2n) is 3.61. The maximum atomic E-state index is 11.0. The molecule has 6 heteroatoms. The van der Waals surface area contributed by atoms with Crippen molar-refractivity contribution >= 4 is 32.8 Å². The summed E-state index contributed by atoms with van der Waals surface area (Å²) in [6, 6.07) is 1.84. The van der Waals surface area contributed by atoms with Gasteiger partial charge in [-0.05, 0) is 13.0 Å². The Labute approximate surface area is 99.4 Å². The van der Waals surface area contributed by atoms with Gasteiger partial charge in [0.2, 0.25) is 0 Å². The standard InChI is InChI=1S/C9H14ClNO2S2/c1-7(6-15(2,12)13)11-4-9-3-8(10)5-14-9/h3,5,7,11H,4,6H2,1-2H3. The lowest BCUT2D eigenvalue weighted by Gasteiger charge is -2.11. The van der Waals surface area contributed by atoms with Crippen molar-refractivity contribution in [3.8, 4) is 0 Å². The molecule has 0 bridgehead atoms. The largest absolute Gasteiger partial charge is 0.308 e. The topological polar surface area (TPSA) is 46.2 Å². The summed E-state index contributed by atoms with van der Waals surface area (Å²) in [5.74, 6) is 0.159. The number of hydrogen-bond donors (Lipinski definition) is 1. The van der Waals surface area contributed by atoms with Gasteiger partial charge in [-0.3, -0.25) is 0 Å². The lowest BCUT2D eigenvalue weighted by atomic mass is 10.3. The van der Waals surface area contributed by atoms with Gasteiger partial charge >= 0.3 is 0 Å². The minimum absolute atomic E-state index is 0.0409. The van der Waals surface area contributed by atoms with Gasteiger partial charge in [-0.2, -0.15) is 0 Å². The van der Waals surface area contributed by atoms with Crippen LogP contribution in [0.1, 0.15) is 11.8 Å². The summed E-state index contributed by atoms with van der Waals surface area (Å²) in [6.45, 7) is 2.52. The molecular weight excluding hydrogens is 254 g/mol. The van der Waals surface area contributed by atoms with Crippen molar-refractivity contribution in [1.82, 2.24) is 5.32 Å². The zero-order valence-electron chi connectivity index (χ0n) is 8.66. The molecule has 0 aliphatic carbocycles. The zero-order chi connectivity index (χ0) is 11.5. The molecule has 1 unspecified atom stereocenters. The van der Waals surface area contributed by atoms with Crippen molar-refractivity contribution in [1.29, 1.82) is 0 Å². The number of thiophene rings is 1. The number of rotatable bonds is 5. The van der Waals surface area contributed by atoms with E-state index in [-0.39, 0.29) is 11.8 Å². The number of sulfone groups is 1. The van der Waals surface area contributed by atoms with Crippen LogP contribution in [-0.2, 0) is 16.4 Å². The molecule has 1 rings (SSSR count). The summed E-state index contributed by atoms with van der Waals surface area (Å²) in [5, 5.41) is 5.73. The Bertz CT molecular complexity index is 414. The third-order valence-electron chi connectivity index (χ3n) is 1.80. The van der Waals surface area contributed by atoms with E-state index in [1.54, 1.807) is 11.3 Å². The van der Waals surface area contributed by atoms with Crippen LogP contribution in [-0.4, -0.2) is 26.5 Å². The first kappa shape index (κ1) is 13.0. The fraction of sp³-hybridized carbons (Fsp3) is 0.556. The average Bonchev–Trinajstić information content (AvgIpc) is 2.45. The number of nitrogens with one attached hydrogen (secondary N) is 1. The highest BCUT2D eigenvalue weighted by molar-refractivity contribution is 7.90. The Hall–Kier alpha value is -0.100. The fourth-order valence-corrected chi connectivity index (χ4v) is 3.28. The van der Waals surface area contributed by atoms with Gasteiger partial charge in [-0.25, -0.2) is 8.42 Å². The minimum atomic E-state index is -2.91. The molecule has 0 amide bonds. The van der Waals surface area contributed by atoms with Crippen molar-refractivity contribution in [2.45, 2.75) is 19.5 Å². The molecule has 1 N–H and O–H groups in total. The predicted octanol–water partition coefficient (Wildman–Crippen LogP) is 1.92. The lowest BCUT2D eigenvalue weighted by molar-refractivity contribution is 0.562. The first-order valence-electron chi connectivity index (χ1n) is 4.51. The molecule has 0 saturated carbocycles. The lowest BCUT2D eigenvalue weighted by Crippen LogP contribution is -2.31. The number of halogens is 1. The summed E-state index contributed by atoms with van der Waals surface area (Å²) in [5.41, 5.74) is 0. The molecular formula is C9H14ClNO2S2. The second kappa shape index (κ2) is 5.30. The Morgan fingerprint density at radius 3 is 2.73 bits per heavy atom. The van der Waals surface area contributed by atoms with Crippen LogP contribution in [0.4, 0.5) is 0 Å². The van der Waals surface area contributed by atoms with Crippen LogP contribution in [0.5, 0.6) is 0 Å². The molecule has 1 aromatic rings. The van der Waals surface area contributed by atoms with Crippen LogP contribution in [0.15, 0.2) is 11.4 Å².